The fourth-order valence-corrected chi connectivity index (χ4v) is 4.72. The van der Waals surface area contributed by atoms with Gasteiger partial charge in [0.1, 0.15) is 11.1 Å². The summed E-state index contributed by atoms with van der Waals surface area (Å²) < 4.78 is 5.92. The standard InChI is InChI=1S/C21H26N2O4/c1-14-5-6-17-16(13-14)15(2)18(27-17)19(25)23-10-4-8-21(23)7-3-9-22(11-12-24)20(21)26/h5-6,13,24H,3-4,7-12H2,1-2H3. The van der Waals surface area contributed by atoms with Gasteiger partial charge in [-0.3, -0.25) is 9.59 Å². The molecule has 0 aliphatic carbocycles. The first-order chi connectivity index (χ1) is 13.0. The third-order valence-electron chi connectivity index (χ3n) is 6.09. The summed E-state index contributed by atoms with van der Waals surface area (Å²) in [4.78, 5) is 30.0. The second-order valence-electron chi connectivity index (χ2n) is 7.77. The Balaban J connectivity index is 1.71. The Hall–Kier alpha value is -2.34. The van der Waals surface area contributed by atoms with Gasteiger partial charge in [0.25, 0.3) is 5.91 Å². The van der Waals surface area contributed by atoms with Gasteiger partial charge < -0.3 is 19.3 Å². The molecule has 144 valence electrons. The number of piperidine rings is 1. The molecular weight excluding hydrogens is 344 g/mol. The average molecular weight is 370 g/mol. The largest absolute Gasteiger partial charge is 0.451 e. The lowest BCUT2D eigenvalue weighted by Crippen LogP contribution is -2.61. The van der Waals surface area contributed by atoms with E-state index in [-0.39, 0.29) is 18.4 Å². The molecule has 2 fully saturated rings. The molecule has 6 nitrogen and oxygen atoms in total. The molecule has 1 aromatic carbocycles. The number of fused-ring (bicyclic) bond motifs is 1. The van der Waals surface area contributed by atoms with Crippen LogP contribution in [-0.2, 0) is 4.79 Å². The van der Waals surface area contributed by atoms with E-state index in [1.807, 2.05) is 32.0 Å². The van der Waals surface area contributed by atoms with Gasteiger partial charge >= 0.3 is 0 Å². The number of aliphatic hydroxyl groups excluding tert-OH is 1. The third-order valence-corrected chi connectivity index (χ3v) is 6.09. The van der Waals surface area contributed by atoms with Gasteiger partial charge in [0, 0.05) is 30.6 Å². The van der Waals surface area contributed by atoms with Gasteiger partial charge in [-0.05, 0) is 51.7 Å². The minimum Gasteiger partial charge on any atom is -0.451 e. The van der Waals surface area contributed by atoms with Crippen LogP contribution in [0, 0.1) is 13.8 Å². The highest BCUT2D eigenvalue weighted by molar-refractivity contribution is 6.02. The molecule has 2 aliphatic heterocycles. The number of hydrogen-bond acceptors (Lipinski definition) is 4. The van der Waals surface area contributed by atoms with Crippen molar-refractivity contribution in [3.05, 3.63) is 35.1 Å². The lowest BCUT2D eigenvalue weighted by atomic mass is 9.85. The summed E-state index contributed by atoms with van der Waals surface area (Å²) in [6.45, 7) is 5.39. The molecule has 0 bridgehead atoms. The minimum atomic E-state index is -0.786. The number of amides is 2. The Bertz CT molecular complexity index is 901. The number of furan rings is 1. The maximum atomic E-state index is 13.4. The zero-order chi connectivity index (χ0) is 19.2. The Morgan fingerprint density at radius 3 is 2.70 bits per heavy atom. The van der Waals surface area contributed by atoms with E-state index in [2.05, 4.69) is 0 Å². The molecule has 1 N–H and O–H groups in total. The van der Waals surface area contributed by atoms with Crippen LogP contribution in [0.4, 0.5) is 0 Å². The number of β-amino-alcohol motifs (C(OH)–C–C–N with tert-alkyl or cyclic N) is 1. The molecule has 1 unspecified atom stereocenters. The normalized spacial score (nSPS) is 23.0. The molecule has 2 amide bonds. The van der Waals surface area contributed by atoms with E-state index >= 15 is 0 Å². The van der Waals surface area contributed by atoms with Crippen molar-refractivity contribution < 1.29 is 19.1 Å². The van der Waals surface area contributed by atoms with Crippen molar-refractivity contribution in [2.75, 3.05) is 26.2 Å². The van der Waals surface area contributed by atoms with Gasteiger partial charge in [0.05, 0.1) is 6.61 Å². The van der Waals surface area contributed by atoms with E-state index in [1.165, 1.54) is 0 Å². The summed E-state index contributed by atoms with van der Waals surface area (Å²) in [5.41, 5.74) is 1.86. The van der Waals surface area contributed by atoms with Crippen molar-refractivity contribution in [1.82, 2.24) is 9.80 Å². The molecule has 6 heteroatoms. The molecule has 1 spiro atoms. The number of nitrogens with zero attached hydrogens (tertiary/aromatic N) is 2. The van der Waals surface area contributed by atoms with Crippen LogP contribution >= 0.6 is 0 Å². The average Bonchev–Trinajstić information content (AvgIpc) is 3.21. The second-order valence-corrected chi connectivity index (χ2v) is 7.77. The van der Waals surface area contributed by atoms with Crippen LogP contribution in [0.1, 0.15) is 47.4 Å². The zero-order valence-corrected chi connectivity index (χ0v) is 16.0. The summed E-state index contributed by atoms with van der Waals surface area (Å²) in [5, 5.41) is 10.2. The SMILES string of the molecule is Cc1ccc2oc(C(=O)N3CCCC34CCCN(CCO)C4=O)c(C)c2c1. The summed E-state index contributed by atoms with van der Waals surface area (Å²) in [6, 6.07) is 5.89. The molecule has 2 aliphatic rings. The first-order valence-electron chi connectivity index (χ1n) is 9.70. The van der Waals surface area contributed by atoms with Crippen LogP contribution in [0.3, 0.4) is 0 Å². The first-order valence-corrected chi connectivity index (χ1v) is 9.70. The molecule has 27 heavy (non-hydrogen) atoms. The van der Waals surface area contributed by atoms with Crippen LogP contribution in [-0.4, -0.2) is 58.5 Å². The molecule has 1 atom stereocenters. The van der Waals surface area contributed by atoms with Crippen molar-refractivity contribution in [2.24, 2.45) is 0 Å². The molecule has 1 aromatic heterocycles. The first kappa shape index (κ1) is 18.0. The van der Waals surface area contributed by atoms with Crippen molar-refractivity contribution in [1.29, 1.82) is 0 Å². The van der Waals surface area contributed by atoms with Gasteiger partial charge in [-0.15, -0.1) is 0 Å². The van der Waals surface area contributed by atoms with E-state index in [0.717, 1.165) is 29.4 Å². The summed E-state index contributed by atoms with van der Waals surface area (Å²) in [7, 11) is 0. The van der Waals surface area contributed by atoms with E-state index in [9.17, 15) is 14.7 Å². The van der Waals surface area contributed by atoms with Crippen molar-refractivity contribution >= 4 is 22.8 Å². The number of aliphatic hydroxyl groups is 1. The van der Waals surface area contributed by atoms with Gasteiger partial charge in [-0.1, -0.05) is 11.6 Å². The van der Waals surface area contributed by atoms with E-state index in [1.54, 1.807) is 9.80 Å². The summed E-state index contributed by atoms with van der Waals surface area (Å²) in [5.74, 6) is 0.111. The number of likely N-dealkylation sites (tertiary alicyclic amines) is 2. The quantitative estimate of drug-likeness (QED) is 0.901. The molecule has 2 aromatic rings. The van der Waals surface area contributed by atoms with E-state index < -0.39 is 5.54 Å². The van der Waals surface area contributed by atoms with Crippen LogP contribution < -0.4 is 0 Å². The highest BCUT2D eigenvalue weighted by Gasteiger charge is 2.53. The van der Waals surface area contributed by atoms with Crippen molar-refractivity contribution in [3.8, 4) is 0 Å². The van der Waals surface area contributed by atoms with E-state index in [4.69, 9.17) is 4.42 Å². The predicted octanol–water partition coefficient (Wildman–Crippen LogP) is 2.64. The number of carbonyl (C=O) groups excluding carboxylic acids is 2. The van der Waals surface area contributed by atoms with Crippen LogP contribution in [0.2, 0.25) is 0 Å². The maximum Gasteiger partial charge on any atom is 0.290 e. The van der Waals surface area contributed by atoms with Crippen LogP contribution in [0.25, 0.3) is 11.0 Å². The lowest BCUT2D eigenvalue weighted by Gasteiger charge is -2.44. The maximum absolute atomic E-state index is 13.4. The number of benzene rings is 1. The number of hydrogen-bond donors (Lipinski definition) is 1. The van der Waals surface area contributed by atoms with Gasteiger partial charge in [0.15, 0.2) is 5.76 Å². The molecule has 0 saturated carbocycles. The van der Waals surface area contributed by atoms with Crippen LogP contribution in [0.15, 0.2) is 22.6 Å². The third kappa shape index (κ3) is 2.74. The summed E-state index contributed by atoms with van der Waals surface area (Å²) in [6.07, 6.45) is 3.01. The lowest BCUT2D eigenvalue weighted by molar-refractivity contribution is -0.146. The number of carbonyl (C=O) groups is 2. The minimum absolute atomic E-state index is 0.0294. The highest BCUT2D eigenvalue weighted by atomic mass is 16.3. The Kier molecular flexibility index (Phi) is 4.46. The Morgan fingerprint density at radius 2 is 1.96 bits per heavy atom. The Morgan fingerprint density at radius 1 is 1.22 bits per heavy atom. The molecule has 3 heterocycles. The van der Waals surface area contributed by atoms with E-state index in [0.29, 0.717) is 43.8 Å². The number of rotatable bonds is 3. The topological polar surface area (TPSA) is 74.0 Å². The molecule has 0 radical (unpaired) electrons. The Labute approximate surface area is 158 Å². The smallest absolute Gasteiger partial charge is 0.290 e. The second kappa shape index (κ2) is 6.68. The number of aryl methyl sites for hydroxylation is 2. The predicted molar refractivity (Wildman–Crippen MR) is 102 cm³/mol. The highest BCUT2D eigenvalue weighted by Crippen LogP contribution is 2.40. The monoisotopic (exact) mass is 370 g/mol. The van der Waals surface area contributed by atoms with Crippen LogP contribution in [0.5, 0.6) is 0 Å². The van der Waals surface area contributed by atoms with Gasteiger partial charge in [-0.2, -0.15) is 0 Å². The van der Waals surface area contributed by atoms with Gasteiger partial charge in [0.2, 0.25) is 5.91 Å². The fourth-order valence-electron chi connectivity index (χ4n) is 4.72. The van der Waals surface area contributed by atoms with Crippen molar-refractivity contribution in [2.45, 2.75) is 45.1 Å². The molecular formula is C21H26N2O4. The fraction of sp³-hybridized carbons (Fsp3) is 0.524. The molecule has 4 rings (SSSR count). The van der Waals surface area contributed by atoms with Gasteiger partial charge in [-0.25, -0.2) is 0 Å². The molecule has 2 saturated heterocycles. The summed E-state index contributed by atoms with van der Waals surface area (Å²) >= 11 is 0. The van der Waals surface area contributed by atoms with Crippen molar-refractivity contribution in [3.63, 3.8) is 0 Å². The zero-order valence-electron chi connectivity index (χ0n) is 16.0.